The number of ether oxygens (including phenoxy) is 1. The van der Waals surface area contributed by atoms with Gasteiger partial charge < -0.3 is 10.1 Å². The lowest BCUT2D eigenvalue weighted by Crippen LogP contribution is -2.18. The van der Waals surface area contributed by atoms with Gasteiger partial charge in [0.2, 0.25) is 0 Å². The number of methoxy groups -OCH3 is 1. The van der Waals surface area contributed by atoms with Crippen molar-refractivity contribution in [3.8, 4) is 0 Å². The highest BCUT2D eigenvalue weighted by atomic mass is 32.1. The van der Waals surface area contributed by atoms with Crippen LogP contribution in [0.5, 0.6) is 0 Å². The average molecular weight is 263 g/mol. The Morgan fingerprint density at radius 3 is 2.83 bits per heavy atom. The molecule has 0 bridgehead atoms. The highest BCUT2D eigenvalue weighted by molar-refractivity contribution is 7.09. The van der Waals surface area contributed by atoms with Gasteiger partial charge in [0.1, 0.15) is 5.82 Å². The van der Waals surface area contributed by atoms with Crippen LogP contribution in [0.15, 0.2) is 29.9 Å². The van der Waals surface area contributed by atoms with E-state index in [-0.39, 0.29) is 0 Å². The molecule has 2 rings (SSSR count). The largest absolute Gasteiger partial charge is 0.383 e. The molecular weight excluding hydrogens is 246 g/mol. The molecule has 2 aromatic heterocycles. The predicted octanol–water partition coefficient (Wildman–Crippen LogP) is 1.86. The molecule has 0 aliphatic rings. The molecule has 0 atom stereocenters. The van der Waals surface area contributed by atoms with E-state index in [0.717, 1.165) is 37.5 Å². The normalized spacial score (nSPS) is 10.7. The fraction of sp³-hybridized carbons (Fsp3) is 0.385. The van der Waals surface area contributed by atoms with Crippen molar-refractivity contribution in [3.63, 3.8) is 0 Å². The summed E-state index contributed by atoms with van der Waals surface area (Å²) in [4.78, 5) is 10.0. The van der Waals surface area contributed by atoms with Gasteiger partial charge in [0, 0.05) is 49.5 Å². The minimum atomic E-state index is 0.720. The number of thiophene rings is 1. The minimum absolute atomic E-state index is 0.720. The van der Waals surface area contributed by atoms with Crippen molar-refractivity contribution < 1.29 is 4.74 Å². The van der Waals surface area contributed by atoms with E-state index < -0.39 is 0 Å². The van der Waals surface area contributed by atoms with E-state index in [1.54, 1.807) is 18.4 Å². The predicted molar refractivity (Wildman–Crippen MR) is 72.7 cm³/mol. The first-order valence-corrected chi connectivity index (χ1v) is 6.78. The molecule has 18 heavy (non-hydrogen) atoms. The van der Waals surface area contributed by atoms with Gasteiger partial charge in [0.15, 0.2) is 0 Å². The Balaban J connectivity index is 1.82. The van der Waals surface area contributed by atoms with E-state index in [9.17, 15) is 0 Å². The summed E-state index contributed by atoms with van der Waals surface area (Å²) in [5, 5.41) is 5.34. The zero-order valence-corrected chi connectivity index (χ0v) is 11.2. The Labute approximate surface area is 111 Å². The number of aromatic nitrogens is 2. The van der Waals surface area contributed by atoms with Crippen molar-refractivity contribution >= 4 is 11.3 Å². The van der Waals surface area contributed by atoms with Crippen molar-refractivity contribution in [2.24, 2.45) is 0 Å². The highest BCUT2D eigenvalue weighted by Crippen LogP contribution is 2.12. The smallest absolute Gasteiger partial charge is 0.133 e. The summed E-state index contributed by atoms with van der Waals surface area (Å²) in [6.07, 6.45) is 4.58. The third-order valence-corrected chi connectivity index (χ3v) is 3.36. The third kappa shape index (κ3) is 4.18. The van der Waals surface area contributed by atoms with Gasteiger partial charge in [-0.05, 0) is 11.4 Å². The number of nitrogens with one attached hydrogen (secondary N) is 1. The van der Waals surface area contributed by atoms with Crippen LogP contribution in [0.25, 0.3) is 0 Å². The molecular formula is C13H17N3OS. The first-order chi connectivity index (χ1) is 8.88. The van der Waals surface area contributed by atoms with E-state index in [2.05, 4.69) is 26.7 Å². The summed E-state index contributed by atoms with van der Waals surface area (Å²) in [6.45, 7) is 2.34. The molecule has 0 amide bonds. The first kappa shape index (κ1) is 13.1. The molecule has 1 N–H and O–H groups in total. The molecule has 96 valence electrons. The van der Waals surface area contributed by atoms with Crippen molar-refractivity contribution in [1.82, 2.24) is 15.3 Å². The Kier molecular flexibility index (Phi) is 5.26. The Morgan fingerprint density at radius 1 is 1.33 bits per heavy atom. The standard InChI is InChI=1S/C13H17N3OS/c1-17-5-4-14-8-11-9-15-13(16-10-11)7-12-3-2-6-18-12/h2-3,6,9-10,14H,4-5,7-8H2,1H3. The van der Waals surface area contributed by atoms with Crippen molar-refractivity contribution in [2.45, 2.75) is 13.0 Å². The zero-order valence-electron chi connectivity index (χ0n) is 10.4. The van der Waals surface area contributed by atoms with Gasteiger partial charge in [-0.25, -0.2) is 9.97 Å². The molecule has 5 heteroatoms. The molecule has 4 nitrogen and oxygen atoms in total. The molecule has 0 aromatic carbocycles. The summed E-state index contributed by atoms with van der Waals surface area (Å²) < 4.78 is 4.97. The van der Waals surface area contributed by atoms with Crippen LogP contribution in [0, 0.1) is 0 Å². The lowest BCUT2D eigenvalue weighted by molar-refractivity contribution is 0.199. The number of nitrogens with zero attached hydrogens (tertiary/aromatic N) is 2. The second-order valence-electron chi connectivity index (χ2n) is 3.93. The Hall–Kier alpha value is -1.30. The molecule has 0 spiro atoms. The summed E-state index contributed by atoms with van der Waals surface area (Å²) >= 11 is 1.74. The van der Waals surface area contributed by atoms with Gasteiger partial charge in [0.25, 0.3) is 0 Å². The van der Waals surface area contributed by atoms with Crippen LogP contribution >= 0.6 is 11.3 Å². The van der Waals surface area contributed by atoms with Crippen LogP contribution in [0.1, 0.15) is 16.3 Å². The summed E-state index contributed by atoms with van der Waals surface area (Å²) in [7, 11) is 1.70. The van der Waals surface area contributed by atoms with E-state index in [1.165, 1.54) is 4.88 Å². The molecule has 0 radical (unpaired) electrons. The Morgan fingerprint density at radius 2 is 2.17 bits per heavy atom. The molecule has 0 unspecified atom stereocenters. The number of hydrogen-bond acceptors (Lipinski definition) is 5. The number of hydrogen-bond donors (Lipinski definition) is 1. The first-order valence-electron chi connectivity index (χ1n) is 5.90. The molecule has 0 fully saturated rings. The zero-order chi connectivity index (χ0) is 12.6. The second-order valence-corrected chi connectivity index (χ2v) is 4.97. The van der Waals surface area contributed by atoms with Crippen LogP contribution in [0.4, 0.5) is 0 Å². The van der Waals surface area contributed by atoms with Gasteiger partial charge in [-0.3, -0.25) is 0 Å². The Bertz CT molecular complexity index is 442. The number of rotatable bonds is 7. The molecule has 0 saturated carbocycles. The van der Waals surface area contributed by atoms with Gasteiger partial charge in [-0.15, -0.1) is 11.3 Å². The summed E-state index contributed by atoms with van der Waals surface area (Å²) in [6, 6.07) is 4.16. The summed E-state index contributed by atoms with van der Waals surface area (Å²) in [5.74, 6) is 0.873. The fourth-order valence-corrected chi connectivity index (χ4v) is 2.24. The molecule has 0 aliphatic heterocycles. The quantitative estimate of drug-likeness (QED) is 0.775. The maximum absolute atomic E-state index is 4.97. The molecule has 0 saturated heterocycles. The molecule has 2 heterocycles. The van der Waals surface area contributed by atoms with Gasteiger partial charge >= 0.3 is 0 Å². The molecule has 0 aliphatic carbocycles. The minimum Gasteiger partial charge on any atom is -0.383 e. The fourth-order valence-electron chi connectivity index (χ4n) is 1.54. The van der Waals surface area contributed by atoms with Crippen LogP contribution in [0.2, 0.25) is 0 Å². The van der Waals surface area contributed by atoms with Crippen LogP contribution in [-0.4, -0.2) is 30.2 Å². The topological polar surface area (TPSA) is 47.0 Å². The van der Waals surface area contributed by atoms with Gasteiger partial charge in [-0.2, -0.15) is 0 Å². The van der Waals surface area contributed by atoms with E-state index >= 15 is 0 Å². The van der Waals surface area contributed by atoms with Crippen molar-refractivity contribution in [2.75, 3.05) is 20.3 Å². The van der Waals surface area contributed by atoms with Crippen LogP contribution < -0.4 is 5.32 Å². The van der Waals surface area contributed by atoms with E-state index in [0.29, 0.717) is 0 Å². The van der Waals surface area contributed by atoms with Gasteiger partial charge in [-0.1, -0.05) is 6.07 Å². The second kappa shape index (κ2) is 7.20. The van der Waals surface area contributed by atoms with Gasteiger partial charge in [0.05, 0.1) is 6.61 Å². The monoisotopic (exact) mass is 263 g/mol. The highest BCUT2D eigenvalue weighted by Gasteiger charge is 2.00. The van der Waals surface area contributed by atoms with Crippen molar-refractivity contribution in [3.05, 3.63) is 46.2 Å². The maximum Gasteiger partial charge on any atom is 0.133 e. The SMILES string of the molecule is COCCNCc1cnc(Cc2cccs2)nc1. The van der Waals surface area contributed by atoms with Crippen LogP contribution in [0.3, 0.4) is 0 Å². The average Bonchev–Trinajstić information content (AvgIpc) is 2.89. The molecule has 2 aromatic rings. The third-order valence-electron chi connectivity index (χ3n) is 2.48. The van der Waals surface area contributed by atoms with Crippen molar-refractivity contribution in [1.29, 1.82) is 0 Å². The summed E-state index contributed by atoms with van der Waals surface area (Å²) in [5.41, 5.74) is 1.10. The lowest BCUT2D eigenvalue weighted by atomic mass is 10.3. The van der Waals surface area contributed by atoms with Crippen LogP contribution in [-0.2, 0) is 17.7 Å². The van der Waals surface area contributed by atoms with E-state index in [1.807, 2.05) is 18.5 Å². The van der Waals surface area contributed by atoms with E-state index in [4.69, 9.17) is 4.74 Å². The lowest BCUT2D eigenvalue weighted by Gasteiger charge is -2.04. The maximum atomic E-state index is 4.97.